The molecule has 1 aromatic rings. The minimum atomic E-state index is 0.0421. The van der Waals surface area contributed by atoms with Gasteiger partial charge in [-0.05, 0) is 46.5 Å². The lowest BCUT2D eigenvalue weighted by molar-refractivity contribution is 0.150. The molecule has 5 nitrogen and oxygen atoms in total. The van der Waals surface area contributed by atoms with E-state index in [1.807, 2.05) is 18.7 Å². The zero-order valence-corrected chi connectivity index (χ0v) is 14.5. The third kappa shape index (κ3) is 3.81. The van der Waals surface area contributed by atoms with E-state index in [1.165, 1.54) is 19.3 Å². The first kappa shape index (κ1) is 16.8. The normalized spacial score (nSPS) is 16.5. The van der Waals surface area contributed by atoms with Gasteiger partial charge in [-0.15, -0.1) is 0 Å². The molecular formula is C17H29N3O2. The Hall–Kier alpha value is -1.52. The van der Waals surface area contributed by atoms with E-state index in [0.29, 0.717) is 12.5 Å². The lowest BCUT2D eigenvalue weighted by Crippen LogP contribution is -2.47. The lowest BCUT2D eigenvalue weighted by Gasteiger charge is -2.35. The van der Waals surface area contributed by atoms with Crippen LogP contribution in [0.5, 0.6) is 0 Å². The second-order valence-corrected chi connectivity index (χ2v) is 6.87. The molecule has 1 heterocycles. The van der Waals surface area contributed by atoms with Gasteiger partial charge < -0.3 is 14.7 Å². The number of carbonyl (C=O) groups is 1. The highest BCUT2D eigenvalue weighted by Crippen LogP contribution is 2.28. The number of nitrogens with one attached hydrogen (secondary N) is 1. The molecule has 0 aromatic carbocycles. The van der Waals surface area contributed by atoms with Gasteiger partial charge in [0.15, 0.2) is 0 Å². The first-order chi connectivity index (χ1) is 10.4. The first-order valence-electron chi connectivity index (χ1n) is 8.37. The summed E-state index contributed by atoms with van der Waals surface area (Å²) in [6, 6.07) is 0.274. The number of hydrogen-bond acceptors (Lipinski definition) is 3. The molecule has 1 aliphatic carbocycles. The molecule has 0 bridgehead atoms. The van der Waals surface area contributed by atoms with E-state index in [0.717, 1.165) is 23.6 Å². The van der Waals surface area contributed by atoms with Crippen LogP contribution in [0.25, 0.3) is 0 Å². The van der Waals surface area contributed by atoms with Gasteiger partial charge >= 0.3 is 6.03 Å². The quantitative estimate of drug-likeness (QED) is 0.873. The number of amides is 2. The summed E-state index contributed by atoms with van der Waals surface area (Å²) >= 11 is 0. The Kier molecular flexibility index (Phi) is 5.48. The topological polar surface area (TPSA) is 58.4 Å². The molecule has 1 N–H and O–H groups in total. The molecular weight excluding hydrogens is 278 g/mol. The zero-order chi connectivity index (χ0) is 16.3. The van der Waals surface area contributed by atoms with E-state index in [9.17, 15) is 4.79 Å². The molecule has 1 aliphatic rings. The van der Waals surface area contributed by atoms with E-state index in [4.69, 9.17) is 4.52 Å². The lowest BCUT2D eigenvalue weighted by atomic mass is 9.85. The van der Waals surface area contributed by atoms with Crippen molar-refractivity contribution in [1.29, 1.82) is 0 Å². The van der Waals surface area contributed by atoms with Crippen molar-refractivity contribution in [3.63, 3.8) is 0 Å². The van der Waals surface area contributed by atoms with Crippen LogP contribution in [0.15, 0.2) is 4.52 Å². The Morgan fingerprint density at radius 2 is 2.05 bits per heavy atom. The molecule has 1 aromatic heterocycles. The van der Waals surface area contributed by atoms with Crippen molar-refractivity contribution in [2.24, 2.45) is 5.92 Å². The SMILES string of the molecule is Cc1noc(C)c1C(C)CNC(=O)N(CC1CCC1)C(C)C. The highest BCUT2D eigenvalue weighted by Gasteiger charge is 2.26. The average molecular weight is 307 g/mol. The van der Waals surface area contributed by atoms with E-state index in [-0.39, 0.29) is 18.0 Å². The summed E-state index contributed by atoms with van der Waals surface area (Å²) in [4.78, 5) is 14.4. The largest absolute Gasteiger partial charge is 0.361 e. The van der Waals surface area contributed by atoms with E-state index < -0.39 is 0 Å². The summed E-state index contributed by atoms with van der Waals surface area (Å²) in [6.45, 7) is 11.6. The van der Waals surface area contributed by atoms with Crippen molar-refractivity contribution in [2.75, 3.05) is 13.1 Å². The molecule has 1 atom stereocenters. The first-order valence-corrected chi connectivity index (χ1v) is 8.37. The predicted molar refractivity (Wildman–Crippen MR) is 87.0 cm³/mol. The van der Waals surface area contributed by atoms with Crippen LogP contribution in [-0.2, 0) is 0 Å². The Bertz CT molecular complexity index is 487. The smallest absolute Gasteiger partial charge is 0.317 e. The summed E-state index contributed by atoms with van der Waals surface area (Å²) in [5.41, 5.74) is 2.02. The molecule has 0 aliphatic heterocycles. The molecule has 124 valence electrons. The van der Waals surface area contributed by atoms with E-state index in [2.05, 4.69) is 31.2 Å². The Balaban J connectivity index is 1.89. The van der Waals surface area contributed by atoms with Crippen molar-refractivity contribution < 1.29 is 9.32 Å². The van der Waals surface area contributed by atoms with Crippen LogP contribution in [0.1, 0.15) is 63.0 Å². The molecule has 1 unspecified atom stereocenters. The van der Waals surface area contributed by atoms with Gasteiger partial charge in [-0.25, -0.2) is 4.79 Å². The molecule has 5 heteroatoms. The van der Waals surface area contributed by atoms with Gasteiger partial charge in [0, 0.05) is 30.6 Å². The number of urea groups is 1. The third-order valence-corrected chi connectivity index (χ3v) is 4.70. The second-order valence-electron chi connectivity index (χ2n) is 6.87. The fraction of sp³-hybridized carbons (Fsp3) is 0.765. The maximum absolute atomic E-state index is 12.5. The van der Waals surface area contributed by atoms with E-state index in [1.54, 1.807) is 0 Å². The third-order valence-electron chi connectivity index (χ3n) is 4.70. The number of aromatic nitrogens is 1. The van der Waals surface area contributed by atoms with Crippen LogP contribution in [-0.4, -0.2) is 35.2 Å². The van der Waals surface area contributed by atoms with Crippen LogP contribution < -0.4 is 5.32 Å². The predicted octanol–water partition coefficient (Wildman–Crippen LogP) is 3.62. The van der Waals surface area contributed by atoms with Crippen LogP contribution in [0, 0.1) is 19.8 Å². The van der Waals surface area contributed by atoms with Crippen LogP contribution in [0.3, 0.4) is 0 Å². The molecule has 0 radical (unpaired) electrons. The van der Waals surface area contributed by atoms with Gasteiger partial charge in [0.2, 0.25) is 0 Å². The summed E-state index contributed by atoms with van der Waals surface area (Å²) in [5, 5.41) is 7.07. The average Bonchev–Trinajstić information content (AvgIpc) is 2.73. The summed E-state index contributed by atoms with van der Waals surface area (Å²) in [5.74, 6) is 1.73. The number of rotatable bonds is 6. The Labute approximate surface area is 133 Å². The molecule has 0 saturated heterocycles. The highest BCUT2D eigenvalue weighted by atomic mass is 16.5. The molecule has 0 spiro atoms. The summed E-state index contributed by atoms with van der Waals surface area (Å²) < 4.78 is 5.21. The van der Waals surface area contributed by atoms with E-state index >= 15 is 0 Å². The molecule has 1 saturated carbocycles. The fourth-order valence-corrected chi connectivity index (χ4v) is 3.12. The number of nitrogens with zero attached hydrogens (tertiary/aromatic N) is 2. The van der Waals surface area contributed by atoms with Gasteiger partial charge in [-0.3, -0.25) is 0 Å². The van der Waals surface area contributed by atoms with Crippen LogP contribution in [0.2, 0.25) is 0 Å². The maximum Gasteiger partial charge on any atom is 0.317 e. The zero-order valence-electron chi connectivity index (χ0n) is 14.5. The molecule has 1 fully saturated rings. The van der Waals surface area contributed by atoms with Gasteiger partial charge in [0.25, 0.3) is 0 Å². The maximum atomic E-state index is 12.5. The highest BCUT2D eigenvalue weighted by molar-refractivity contribution is 5.74. The Morgan fingerprint density at radius 1 is 1.36 bits per heavy atom. The minimum Gasteiger partial charge on any atom is -0.361 e. The van der Waals surface area contributed by atoms with Gasteiger partial charge in [-0.1, -0.05) is 18.5 Å². The monoisotopic (exact) mass is 307 g/mol. The van der Waals surface area contributed by atoms with Crippen molar-refractivity contribution in [1.82, 2.24) is 15.4 Å². The minimum absolute atomic E-state index is 0.0421. The second kappa shape index (κ2) is 7.16. The fourth-order valence-electron chi connectivity index (χ4n) is 3.12. The van der Waals surface area contributed by atoms with Crippen LogP contribution in [0.4, 0.5) is 4.79 Å². The molecule has 22 heavy (non-hydrogen) atoms. The number of hydrogen-bond donors (Lipinski definition) is 1. The van der Waals surface area contributed by atoms with Gasteiger partial charge in [0.1, 0.15) is 5.76 Å². The Morgan fingerprint density at radius 3 is 2.50 bits per heavy atom. The van der Waals surface area contributed by atoms with Crippen molar-refractivity contribution in [3.8, 4) is 0 Å². The standard InChI is InChI=1S/C17H29N3O2/c1-11(2)20(10-15-7-6-8-15)17(21)18-9-12(3)16-13(4)19-22-14(16)5/h11-12,15H,6-10H2,1-5H3,(H,18,21). The summed E-state index contributed by atoms with van der Waals surface area (Å²) in [6.07, 6.45) is 3.82. The van der Waals surface area contributed by atoms with Crippen LogP contribution >= 0.6 is 0 Å². The van der Waals surface area contributed by atoms with Crippen molar-refractivity contribution in [2.45, 2.75) is 65.8 Å². The van der Waals surface area contributed by atoms with Gasteiger partial charge in [0.05, 0.1) is 5.69 Å². The molecule has 2 rings (SSSR count). The van der Waals surface area contributed by atoms with Gasteiger partial charge in [-0.2, -0.15) is 0 Å². The number of carbonyl (C=O) groups excluding carboxylic acids is 1. The van der Waals surface area contributed by atoms with Crippen molar-refractivity contribution >= 4 is 6.03 Å². The molecule has 2 amide bonds. The number of aryl methyl sites for hydroxylation is 2. The van der Waals surface area contributed by atoms with Crippen molar-refractivity contribution in [3.05, 3.63) is 17.0 Å². The summed E-state index contributed by atoms with van der Waals surface area (Å²) in [7, 11) is 0.